The highest BCUT2D eigenvalue weighted by molar-refractivity contribution is 5.10. The molecule has 0 bridgehead atoms. The first-order valence-corrected chi connectivity index (χ1v) is 3.18. The van der Waals surface area contributed by atoms with Crippen molar-refractivity contribution in [3.05, 3.63) is 11.9 Å². The van der Waals surface area contributed by atoms with Gasteiger partial charge in [0.25, 0.3) is 0 Å². The van der Waals surface area contributed by atoms with E-state index in [9.17, 15) is 8.78 Å². The van der Waals surface area contributed by atoms with Crippen LogP contribution in [0.5, 0.6) is 0 Å². The number of hydrogen-bond donors (Lipinski definition) is 0. The minimum absolute atomic E-state index is 0.329. The van der Waals surface area contributed by atoms with Crippen molar-refractivity contribution in [2.75, 3.05) is 0 Å². The molecule has 1 atom stereocenters. The maximum Gasteiger partial charge on any atom is 0.158 e. The minimum Gasteiger partial charge on any atom is -0.236 e. The lowest BCUT2D eigenvalue weighted by atomic mass is 9.94. The van der Waals surface area contributed by atoms with E-state index in [1.165, 1.54) is 13.0 Å². The zero-order valence-corrected chi connectivity index (χ0v) is 5.45. The Hall–Kier alpha value is -0.400. The molecule has 0 spiro atoms. The SMILES string of the molecule is C[C@@]1(F)CCCC=C1F. The van der Waals surface area contributed by atoms with Gasteiger partial charge in [0.1, 0.15) is 5.83 Å². The second-order valence-corrected chi connectivity index (χ2v) is 2.64. The molecule has 2 heteroatoms. The summed E-state index contributed by atoms with van der Waals surface area (Å²) < 4.78 is 25.3. The van der Waals surface area contributed by atoms with Crippen LogP contribution in [0.4, 0.5) is 8.78 Å². The van der Waals surface area contributed by atoms with Gasteiger partial charge in [0.2, 0.25) is 0 Å². The van der Waals surface area contributed by atoms with Crippen molar-refractivity contribution in [3.63, 3.8) is 0 Å². The molecule has 9 heavy (non-hydrogen) atoms. The van der Waals surface area contributed by atoms with Crippen molar-refractivity contribution in [1.29, 1.82) is 0 Å². The molecule has 0 radical (unpaired) electrons. The minimum atomic E-state index is -1.67. The Morgan fingerprint density at radius 1 is 1.67 bits per heavy atom. The van der Waals surface area contributed by atoms with Gasteiger partial charge in [0, 0.05) is 0 Å². The smallest absolute Gasteiger partial charge is 0.158 e. The van der Waals surface area contributed by atoms with Gasteiger partial charge < -0.3 is 0 Å². The average molecular weight is 132 g/mol. The second kappa shape index (κ2) is 2.09. The van der Waals surface area contributed by atoms with Crippen molar-refractivity contribution in [1.82, 2.24) is 0 Å². The fraction of sp³-hybridized carbons (Fsp3) is 0.714. The average Bonchev–Trinajstić information content (AvgIpc) is 1.77. The molecule has 1 aliphatic carbocycles. The van der Waals surface area contributed by atoms with E-state index in [0.29, 0.717) is 12.8 Å². The molecule has 0 N–H and O–H groups in total. The Labute approximate surface area is 53.6 Å². The van der Waals surface area contributed by atoms with E-state index in [4.69, 9.17) is 0 Å². The van der Waals surface area contributed by atoms with Gasteiger partial charge in [-0.05, 0) is 32.3 Å². The van der Waals surface area contributed by atoms with Crippen LogP contribution >= 0.6 is 0 Å². The van der Waals surface area contributed by atoms with Gasteiger partial charge in [0.05, 0.1) is 0 Å². The molecule has 52 valence electrons. The largest absolute Gasteiger partial charge is 0.236 e. The monoisotopic (exact) mass is 132 g/mol. The van der Waals surface area contributed by atoms with Crippen LogP contribution in [0.3, 0.4) is 0 Å². The topological polar surface area (TPSA) is 0 Å². The van der Waals surface area contributed by atoms with Crippen molar-refractivity contribution in [2.24, 2.45) is 0 Å². The summed E-state index contributed by atoms with van der Waals surface area (Å²) in [5.41, 5.74) is -1.67. The number of halogens is 2. The summed E-state index contributed by atoms with van der Waals surface area (Å²) in [6.45, 7) is 1.29. The first kappa shape index (κ1) is 6.72. The van der Waals surface area contributed by atoms with Crippen LogP contribution in [0, 0.1) is 0 Å². The molecule has 0 aromatic rings. The maximum atomic E-state index is 12.8. The Kier molecular flexibility index (Phi) is 1.56. The van der Waals surface area contributed by atoms with Gasteiger partial charge in [-0.25, -0.2) is 8.78 Å². The molecule has 0 unspecified atom stereocenters. The number of hydrogen-bond acceptors (Lipinski definition) is 0. The highest BCUT2D eigenvalue weighted by Gasteiger charge is 2.30. The quantitative estimate of drug-likeness (QED) is 0.475. The third kappa shape index (κ3) is 1.29. The van der Waals surface area contributed by atoms with Gasteiger partial charge in [-0.15, -0.1) is 0 Å². The lowest BCUT2D eigenvalue weighted by Crippen LogP contribution is -2.21. The summed E-state index contributed by atoms with van der Waals surface area (Å²) in [4.78, 5) is 0. The van der Waals surface area contributed by atoms with Crippen LogP contribution < -0.4 is 0 Å². The zero-order chi connectivity index (χ0) is 6.91. The van der Waals surface area contributed by atoms with E-state index in [2.05, 4.69) is 0 Å². The summed E-state index contributed by atoms with van der Waals surface area (Å²) in [7, 11) is 0. The zero-order valence-electron chi connectivity index (χ0n) is 5.45. The van der Waals surface area contributed by atoms with Crippen LogP contribution in [-0.4, -0.2) is 5.67 Å². The maximum absolute atomic E-state index is 12.8. The summed E-state index contributed by atoms with van der Waals surface area (Å²) >= 11 is 0. The van der Waals surface area contributed by atoms with Gasteiger partial charge in [-0.2, -0.15) is 0 Å². The summed E-state index contributed by atoms with van der Waals surface area (Å²) in [5.74, 6) is -0.589. The van der Waals surface area contributed by atoms with Crippen LogP contribution in [0.1, 0.15) is 26.2 Å². The fourth-order valence-electron chi connectivity index (χ4n) is 0.995. The predicted octanol–water partition coefficient (Wildman–Crippen LogP) is 2.75. The molecule has 1 aliphatic rings. The molecule has 0 heterocycles. The van der Waals surface area contributed by atoms with Gasteiger partial charge >= 0.3 is 0 Å². The molecule has 0 aromatic heterocycles. The van der Waals surface area contributed by atoms with E-state index in [-0.39, 0.29) is 0 Å². The molecule has 0 nitrogen and oxygen atoms in total. The van der Waals surface area contributed by atoms with Gasteiger partial charge in [-0.3, -0.25) is 0 Å². The van der Waals surface area contributed by atoms with Gasteiger partial charge in [0.15, 0.2) is 5.67 Å². The molecule has 1 rings (SSSR count). The van der Waals surface area contributed by atoms with E-state index in [1.807, 2.05) is 0 Å². The van der Waals surface area contributed by atoms with Crippen molar-refractivity contribution < 1.29 is 8.78 Å². The highest BCUT2D eigenvalue weighted by atomic mass is 19.2. The number of rotatable bonds is 0. The van der Waals surface area contributed by atoms with Crippen LogP contribution in [0.15, 0.2) is 11.9 Å². The number of allylic oxidation sites excluding steroid dienone is 2. The summed E-state index contributed by atoms with van der Waals surface area (Å²) in [5, 5.41) is 0. The van der Waals surface area contributed by atoms with E-state index in [1.54, 1.807) is 0 Å². The Bertz CT molecular complexity index is 136. The van der Waals surface area contributed by atoms with Crippen molar-refractivity contribution in [3.8, 4) is 0 Å². The Balaban J connectivity index is 2.73. The standard InChI is InChI=1S/C7H10F2/c1-7(9)5-3-2-4-6(7)8/h4H,2-3,5H2,1H3/t7-/m1/s1. The first-order chi connectivity index (χ1) is 4.13. The molecular weight excluding hydrogens is 122 g/mol. The van der Waals surface area contributed by atoms with E-state index < -0.39 is 11.5 Å². The van der Waals surface area contributed by atoms with Crippen LogP contribution in [0.2, 0.25) is 0 Å². The molecule has 0 saturated carbocycles. The highest BCUT2D eigenvalue weighted by Crippen LogP contribution is 2.32. The third-order valence-electron chi connectivity index (χ3n) is 1.67. The van der Waals surface area contributed by atoms with Crippen LogP contribution in [-0.2, 0) is 0 Å². The van der Waals surface area contributed by atoms with E-state index >= 15 is 0 Å². The van der Waals surface area contributed by atoms with Crippen molar-refractivity contribution in [2.45, 2.75) is 31.9 Å². The first-order valence-electron chi connectivity index (χ1n) is 3.18. The fourth-order valence-corrected chi connectivity index (χ4v) is 0.995. The van der Waals surface area contributed by atoms with Crippen LogP contribution in [0.25, 0.3) is 0 Å². The molecular formula is C7H10F2. The molecule has 0 amide bonds. The number of alkyl halides is 1. The van der Waals surface area contributed by atoms with Gasteiger partial charge in [-0.1, -0.05) is 0 Å². The van der Waals surface area contributed by atoms with E-state index in [0.717, 1.165) is 6.42 Å². The molecule has 0 fully saturated rings. The second-order valence-electron chi connectivity index (χ2n) is 2.64. The summed E-state index contributed by atoms with van der Waals surface area (Å²) in [6.07, 6.45) is 3.12. The lowest BCUT2D eigenvalue weighted by Gasteiger charge is -2.21. The molecule has 0 saturated heterocycles. The molecule has 0 aromatic carbocycles. The Morgan fingerprint density at radius 3 is 2.67 bits per heavy atom. The third-order valence-corrected chi connectivity index (χ3v) is 1.67. The predicted molar refractivity (Wildman–Crippen MR) is 32.6 cm³/mol. The Morgan fingerprint density at radius 2 is 2.33 bits per heavy atom. The lowest BCUT2D eigenvalue weighted by molar-refractivity contribution is 0.171. The summed E-state index contributed by atoms with van der Waals surface area (Å²) in [6, 6.07) is 0. The normalized spacial score (nSPS) is 36.1. The molecule has 0 aliphatic heterocycles. The van der Waals surface area contributed by atoms with Crippen molar-refractivity contribution >= 4 is 0 Å².